The monoisotopic (exact) mass is 237 g/mol. The average Bonchev–Trinajstić information content (AvgIpc) is 2.19. The van der Waals surface area contributed by atoms with Crippen molar-refractivity contribution in [1.29, 1.82) is 0 Å². The van der Waals surface area contributed by atoms with Gasteiger partial charge in [-0.05, 0) is 18.2 Å². The molecule has 1 rings (SSSR count). The smallest absolute Gasteiger partial charge is 0.387 e. The first kappa shape index (κ1) is 12.2. The number of hydrogen-bond donors (Lipinski definition) is 2. The van der Waals surface area contributed by atoms with Gasteiger partial charge in [-0.1, -0.05) is 11.6 Å². The van der Waals surface area contributed by atoms with Crippen LogP contribution >= 0.6 is 11.6 Å². The summed E-state index contributed by atoms with van der Waals surface area (Å²) in [5, 5.41) is 9.17. The summed E-state index contributed by atoms with van der Waals surface area (Å²) in [4.78, 5) is 0. The number of aliphatic hydroxyl groups is 1. The van der Waals surface area contributed by atoms with E-state index in [0.717, 1.165) is 0 Å². The van der Waals surface area contributed by atoms with Gasteiger partial charge in [0.25, 0.3) is 0 Å². The van der Waals surface area contributed by atoms with Gasteiger partial charge in [-0.15, -0.1) is 0 Å². The third kappa shape index (κ3) is 3.30. The molecule has 3 N–H and O–H groups in total. The van der Waals surface area contributed by atoms with Crippen LogP contribution in [0.1, 0.15) is 11.6 Å². The Hall–Kier alpha value is -0.910. The Morgan fingerprint density at radius 2 is 2.13 bits per heavy atom. The number of halogens is 3. The largest absolute Gasteiger partial charge is 0.434 e. The van der Waals surface area contributed by atoms with Gasteiger partial charge in [0, 0.05) is 10.6 Å². The highest BCUT2D eigenvalue weighted by atomic mass is 35.5. The molecular formula is C9H10ClF2NO2. The second kappa shape index (κ2) is 5.25. The van der Waals surface area contributed by atoms with E-state index < -0.39 is 12.7 Å². The fourth-order valence-electron chi connectivity index (χ4n) is 1.11. The lowest BCUT2D eigenvalue weighted by molar-refractivity contribution is -0.0507. The molecule has 0 fully saturated rings. The van der Waals surface area contributed by atoms with Crippen LogP contribution in [0.15, 0.2) is 18.2 Å². The SMILES string of the molecule is N[C@H](CO)c1cc(Cl)ccc1OC(F)F. The third-order valence-corrected chi connectivity index (χ3v) is 2.02. The molecule has 0 aliphatic heterocycles. The maximum atomic E-state index is 12.0. The Morgan fingerprint density at radius 3 is 2.67 bits per heavy atom. The standard InChI is InChI=1S/C9H10ClF2NO2/c10-5-1-2-8(15-9(11)12)6(3-5)7(13)4-14/h1-3,7,9,14H,4,13H2/t7-/m1/s1. The first-order valence-corrected chi connectivity index (χ1v) is 4.53. The Kier molecular flexibility index (Phi) is 4.26. The molecule has 3 nitrogen and oxygen atoms in total. The van der Waals surface area contributed by atoms with Crippen LogP contribution in [0.4, 0.5) is 8.78 Å². The number of hydrogen-bond acceptors (Lipinski definition) is 3. The quantitative estimate of drug-likeness (QED) is 0.841. The van der Waals surface area contributed by atoms with E-state index in [4.69, 9.17) is 22.4 Å². The summed E-state index contributed by atoms with van der Waals surface area (Å²) in [5.74, 6) is -0.0732. The lowest BCUT2D eigenvalue weighted by Gasteiger charge is -2.14. The van der Waals surface area contributed by atoms with E-state index in [9.17, 15) is 8.78 Å². The molecule has 1 aromatic rings. The molecule has 6 heteroatoms. The predicted molar refractivity (Wildman–Crippen MR) is 52.1 cm³/mol. The second-order valence-corrected chi connectivity index (χ2v) is 3.29. The summed E-state index contributed by atoms with van der Waals surface area (Å²) < 4.78 is 28.3. The Morgan fingerprint density at radius 1 is 1.47 bits per heavy atom. The molecule has 0 unspecified atom stereocenters. The Labute approximate surface area is 90.4 Å². The van der Waals surface area contributed by atoms with Crippen LogP contribution in [-0.2, 0) is 0 Å². The van der Waals surface area contributed by atoms with E-state index in [1.807, 2.05) is 0 Å². The second-order valence-electron chi connectivity index (χ2n) is 2.85. The summed E-state index contributed by atoms with van der Waals surface area (Å²) in [5.41, 5.74) is 5.76. The first-order valence-electron chi connectivity index (χ1n) is 4.15. The zero-order chi connectivity index (χ0) is 11.4. The Balaban J connectivity index is 3.02. The van der Waals surface area contributed by atoms with Crippen LogP contribution in [0.5, 0.6) is 5.75 Å². The normalized spacial score (nSPS) is 12.9. The topological polar surface area (TPSA) is 55.5 Å². The molecule has 0 aliphatic carbocycles. The van der Waals surface area contributed by atoms with E-state index in [-0.39, 0.29) is 17.9 Å². The van der Waals surface area contributed by atoms with Gasteiger partial charge in [0.05, 0.1) is 12.6 Å². The summed E-state index contributed by atoms with van der Waals surface area (Å²) >= 11 is 5.67. The lowest BCUT2D eigenvalue weighted by atomic mass is 10.1. The molecule has 0 saturated heterocycles. The molecule has 0 heterocycles. The van der Waals surface area contributed by atoms with Crippen molar-refractivity contribution in [2.75, 3.05) is 6.61 Å². The minimum Gasteiger partial charge on any atom is -0.434 e. The van der Waals surface area contributed by atoms with Gasteiger partial charge in [0.15, 0.2) is 0 Å². The van der Waals surface area contributed by atoms with Crippen molar-refractivity contribution in [1.82, 2.24) is 0 Å². The Bertz CT molecular complexity index is 336. The van der Waals surface area contributed by atoms with Crippen molar-refractivity contribution >= 4 is 11.6 Å². The van der Waals surface area contributed by atoms with Crippen LogP contribution in [0, 0.1) is 0 Å². The van der Waals surface area contributed by atoms with Crippen LogP contribution < -0.4 is 10.5 Å². The number of rotatable bonds is 4. The summed E-state index contributed by atoms with van der Waals surface area (Å²) in [6.07, 6.45) is 0. The molecule has 15 heavy (non-hydrogen) atoms. The minimum atomic E-state index is -2.93. The fourth-order valence-corrected chi connectivity index (χ4v) is 1.29. The highest BCUT2D eigenvalue weighted by molar-refractivity contribution is 6.30. The molecule has 0 radical (unpaired) electrons. The lowest BCUT2D eigenvalue weighted by Crippen LogP contribution is -2.16. The van der Waals surface area contributed by atoms with E-state index in [0.29, 0.717) is 5.02 Å². The number of benzene rings is 1. The van der Waals surface area contributed by atoms with E-state index in [2.05, 4.69) is 4.74 Å². The number of nitrogens with two attached hydrogens (primary N) is 1. The highest BCUT2D eigenvalue weighted by Crippen LogP contribution is 2.28. The number of ether oxygens (including phenoxy) is 1. The van der Waals surface area contributed by atoms with Crippen molar-refractivity contribution in [3.05, 3.63) is 28.8 Å². The van der Waals surface area contributed by atoms with Crippen LogP contribution in [0.2, 0.25) is 5.02 Å². The zero-order valence-electron chi connectivity index (χ0n) is 7.66. The van der Waals surface area contributed by atoms with Gasteiger partial charge in [-0.3, -0.25) is 0 Å². The molecule has 0 bridgehead atoms. The van der Waals surface area contributed by atoms with Gasteiger partial charge >= 0.3 is 6.61 Å². The molecule has 0 spiro atoms. The molecular weight excluding hydrogens is 228 g/mol. The molecule has 0 aliphatic rings. The van der Waals surface area contributed by atoms with Crippen molar-refractivity contribution in [2.24, 2.45) is 5.73 Å². The van der Waals surface area contributed by atoms with Gasteiger partial charge in [-0.25, -0.2) is 0 Å². The van der Waals surface area contributed by atoms with E-state index >= 15 is 0 Å². The van der Waals surface area contributed by atoms with Crippen molar-refractivity contribution in [3.8, 4) is 5.75 Å². The number of aliphatic hydroxyl groups excluding tert-OH is 1. The van der Waals surface area contributed by atoms with Crippen LogP contribution in [0.3, 0.4) is 0 Å². The van der Waals surface area contributed by atoms with Gasteiger partial charge in [-0.2, -0.15) is 8.78 Å². The van der Waals surface area contributed by atoms with Gasteiger partial charge in [0.2, 0.25) is 0 Å². The molecule has 1 aromatic carbocycles. The van der Waals surface area contributed by atoms with Crippen LogP contribution in [-0.4, -0.2) is 18.3 Å². The van der Waals surface area contributed by atoms with E-state index in [1.165, 1.54) is 18.2 Å². The minimum absolute atomic E-state index is 0.0732. The maximum Gasteiger partial charge on any atom is 0.387 e. The zero-order valence-corrected chi connectivity index (χ0v) is 8.42. The fraction of sp³-hybridized carbons (Fsp3) is 0.333. The molecule has 0 saturated carbocycles. The van der Waals surface area contributed by atoms with Crippen LogP contribution in [0.25, 0.3) is 0 Å². The maximum absolute atomic E-state index is 12.0. The summed E-state index contributed by atoms with van der Waals surface area (Å²) in [7, 11) is 0. The van der Waals surface area contributed by atoms with E-state index in [1.54, 1.807) is 0 Å². The summed E-state index contributed by atoms with van der Waals surface area (Å²) in [6.45, 7) is -3.31. The average molecular weight is 238 g/mol. The predicted octanol–water partition coefficient (Wildman–Crippen LogP) is 1.93. The summed E-state index contributed by atoms with van der Waals surface area (Å²) in [6, 6.07) is 3.30. The molecule has 84 valence electrons. The molecule has 0 amide bonds. The number of alkyl halides is 2. The highest BCUT2D eigenvalue weighted by Gasteiger charge is 2.15. The van der Waals surface area contributed by atoms with Gasteiger partial charge in [0.1, 0.15) is 5.75 Å². The third-order valence-electron chi connectivity index (χ3n) is 1.78. The molecule has 1 atom stereocenters. The van der Waals surface area contributed by atoms with Crippen molar-refractivity contribution < 1.29 is 18.6 Å². The molecule has 0 aromatic heterocycles. The van der Waals surface area contributed by atoms with Crippen molar-refractivity contribution in [2.45, 2.75) is 12.7 Å². The first-order chi connectivity index (χ1) is 7.04. The van der Waals surface area contributed by atoms with Crippen molar-refractivity contribution in [3.63, 3.8) is 0 Å². The van der Waals surface area contributed by atoms with Gasteiger partial charge < -0.3 is 15.6 Å².